The molecule has 0 aliphatic rings. The standard InChI is InChI=1S/C28H27F2N3O3/c1-17-9-18(2)11-20(10-17)12-25(22-13-23(29)15-24(30)14-22)28-32-27(33-36-28)21-5-3-19(4-6-21)16-31-8-7-26(34)35/h3-6,9-11,13-15,25,31H,7-8,12,16H2,1-2H3,(H,34,35). The zero-order valence-corrected chi connectivity index (χ0v) is 20.1. The van der Waals surface area contributed by atoms with Gasteiger partial charge in [0.15, 0.2) is 0 Å². The highest BCUT2D eigenvalue weighted by Crippen LogP contribution is 2.31. The lowest BCUT2D eigenvalue weighted by atomic mass is 9.90. The van der Waals surface area contributed by atoms with Gasteiger partial charge in [0.1, 0.15) is 11.6 Å². The summed E-state index contributed by atoms with van der Waals surface area (Å²) in [7, 11) is 0. The van der Waals surface area contributed by atoms with Gasteiger partial charge in [-0.05, 0) is 49.1 Å². The van der Waals surface area contributed by atoms with E-state index < -0.39 is 23.5 Å². The molecular weight excluding hydrogens is 464 g/mol. The van der Waals surface area contributed by atoms with E-state index in [0.29, 0.717) is 30.9 Å². The first kappa shape index (κ1) is 25.2. The fourth-order valence-electron chi connectivity index (χ4n) is 4.24. The monoisotopic (exact) mass is 491 g/mol. The number of aromatic nitrogens is 2. The van der Waals surface area contributed by atoms with Gasteiger partial charge in [-0.25, -0.2) is 8.78 Å². The van der Waals surface area contributed by atoms with Crippen molar-refractivity contribution < 1.29 is 23.2 Å². The van der Waals surface area contributed by atoms with Crippen molar-refractivity contribution in [3.05, 3.63) is 106 Å². The number of carboxylic acids is 1. The Kier molecular flexibility index (Phi) is 7.85. The van der Waals surface area contributed by atoms with Crippen molar-refractivity contribution in [3.8, 4) is 11.4 Å². The van der Waals surface area contributed by atoms with Crippen molar-refractivity contribution in [3.63, 3.8) is 0 Å². The molecule has 0 spiro atoms. The minimum Gasteiger partial charge on any atom is -0.481 e. The summed E-state index contributed by atoms with van der Waals surface area (Å²) in [5.41, 5.74) is 5.33. The van der Waals surface area contributed by atoms with Crippen LogP contribution in [0.5, 0.6) is 0 Å². The van der Waals surface area contributed by atoms with E-state index in [-0.39, 0.29) is 12.3 Å². The number of aryl methyl sites for hydroxylation is 2. The maximum absolute atomic E-state index is 14.1. The number of carboxylic acid groups (broad SMARTS) is 1. The molecule has 1 atom stereocenters. The molecule has 3 aromatic carbocycles. The van der Waals surface area contributed by atoms with Gasteiger partial charge in [0.05, 0.1) is 12.3 Å². The zero-order chi connectivity index (χ0) is 25.7. The molecule has 0 saturated carbocycles. The summed E-state index contributed by atoms with van der Waals surface area (Å²) >= 11 is 0. The molecule has 0 radical (unpaired) electrons. The van der Waals surface area contributed by atoms with Crippen LogP contribution in [0.25, 0.3) is 11.4 Å². The molecule has 0 aliphatic heterocycles. The van der Waals surface area contributed by atoms with Crippen molar-refractivity contribution in [2.75, 3.05) is 6.54 Å². The highest BCUT2D eigenvalue weighted by atomic mass is 19.1. The molecule has 0 saturated heterocycles. The third kappa shape index (κ3) is 6.60. The Morgan fingerprint density at radius 1 is 0.972 bits per heavy atom. The van der Waals surface area contributed by atoms with Gasteiger partial charge in [0.25, 0.3) is 0 Å². The van der Waals surface area contributed by atoms with E-state index >= 15 is 0 Å². The van der Waals surface area contributed by atoms with Crippen LogP contribution in [0.2, 0.25) is 0 Å². The van der Waals surface area contributed by atoms with Crippen molar-refractivity contribution >= 4 is 5.97 Å². The zero-order valence-electron chi connectivity index (χ0n) is 20.1. The lowest BCUT2D eigenvalue weighted by Gasteiger charge is -2.15. The van der Waals surface area contributed by atoms with E-state index in [1.807, 2.05) is 50.2 Å². The second-order valence-electron chi connectivity index (χ2n) is 8.93. The summed E-state index contributed by atoms with van der Waals surface area (Å²) in [5.74, 6) is -2.06. The average molecular weight is 492 g/mol. The highest BCUT2D eigenvalue weighted by molar-refractivity contribution is 5.66. The molecular formula is C28H27F2N3O3. The van der Waals surface area contributed by atoms with Crippen LogP contribution in [0, 0.1) is 25.5 Å². The lowest BCUT2D eigenvalue weighted by molar-refractivity contribution is -0.136. The summed E-state index contributed by atoms with van der Waals surface area (Å²) in [6.07, 6.45) is 0.496. The molecule has 1 unspecified atom stereocenters. The number of nitrogens with zero attached hydrogens (tertiary/aromatic N) is 2. The van der Waals surface area contributed by atoms with Gasteiger partial charge in [-0.2, -0.15) is 4.98 Å². The van der Waals surface area contributed by atoms with Gasteiger partial charge in [0.2, 0.25) is 11.7 Å². The van der Waals surface area contributed by atoms with Gasteiger partial charge in [-0.15, -0.1) is 0 Å². The number of halogens is 2. The predicted molar refractivity (Wildman–Crippen MR) is 132 cm³/mol. The first-order valence-electron chi connectivity index (χ1n) is 11.7. The van der Waals surface area contributed by atoms with E-state index in [1.54, 1.807) is 0 Å². The number of carbonyl (C=O) groups is 1. The second kappa shape index (κ2) is 11.2. The van der Waals surface area contributed by atoms with Crippen molar-refractivity contribution in [2.45, 2.75) is 39.2 Å². The predicted octanol–water partition coefficient (Wildman–Crippen LogP) is 5.57. The molecule has 8 heteroatoms. The lowest BCUT2D eigenvalue weighted by Crippen LogP contribution is -2.17. The SMILES string of the molecule is Cc1cc(C)cc(CC(c2cc(F)cc(F)c2)c2nc(-c3ccc(CNCCC(=O)O)cc3)no2)c1. The molecule has 4 aromatic rings. The largest absolute Gasteiger partial charge is 0.481 e. The van der Waals surface area contributed by atoms with Gasteiger partial charge in [-0.1, -0.05) is 58.7 Å². The molecule has 186 valence electrons. The number of aliphatic carboxylic acids is 1. The molecule has 2 N–H and O–H groups in total. The van der Waals surface area contributed by atoms with E-state index in [4.69, 9.17) is 9.63 Å². The Bertz CT molecular complexity index is 1310. The summed E-state index contributed by atoms with van der Waals surface area (Å²) in [6.45, 7) is 4.93. The Balaban J connectivity index is 1.58. The van der Waals surface area contributed by atoms with Crippen LogP contribution < -0.4 is 5.32 Å². The minimum atomic E-state index is -0.845. The maximum Gasteiger partial charge on any atom is 0.304 e. The van der Waals surface area contributed by atoms with E-state index in [1.165, 1.54) is 12.1 Å². The maximum atomic E-state index is 14.1. The molecule has 0 fully saturated rings. The summed E-state index contributed by atoms with van der Waals surface area (Å²) < 4.78 is 33.8. The van der Waals surface area contributed by atoms with Crippen molar-refractivity contribution in [1.29, 1.82) is 0 Å². The summed E-state index contributed by atoms with van der Waals surface area (Å²) in [4.78, 5) is 15.2. The van der Waals surface area contributed by atoms with Crippen molar-refractivity contribution in [1.82, 2.24) is 15.5 Å². The second-order valence-corrected chi connectivity index (χ2v) is 8.93. The van der Waals surface area contributed by atoms with Gasteiger partial charge in [-0.3, -0.25) is 4.79 Å². The Hall–Kier alpha value is -3.91. The van der Waals surface area contributed by atoms with Gasteiger partial charge >= 0.3 is 5.97 Å². The van der Waals surface area contributed by atoms with Crippen LogP contribution in [0.1, 0.15) is 46.0 Å². The Morgan fingerprint density at radius 2 is 1.64 bits per heavy atom. The van der Waals surface area contributed by atoms with Crippen molar-refractivity contribution in [2.24, 2.45) is 0 Å². The molecule has 0 amide bonds. The topological polar surface area (TPSA) is 88.2 Å². The van der Waals surface area contributed by atoms with E-state index in [2.05, 4.69) is 21.5 Å². The number of benzene rings is 3. The Morgan fingerprint density at radius 3 is 2.28 bits per heavy atom. The number of rotatable bonds is 10. The quantitative estimate of drug-likeness (QED) is 0.282. The number of nitrogens with one attached hydrogen (secondary N) is 1. The van der Waals surface area contributed by atoms with Gasteiger partial charge in [0, 0.05) is 24.7 Å². The highest BCUT2D eigenvalue weighted by Gasteiger charge is 2.24. The fraction of sp³-hybridized carbons (Fsp3) is 0.250. The number of hydrogen-bond donors (Lipinski definition) is 2. The third-order valence-corrected chi connectivity index (χ3v) is 5.81. The summed E-state index contributed by atoms with van der Waals surface area (Å²) in [6, 6.07) is 17.1. The molecule has 0 bridgehead atoms. The Labute approximate surface area is 208 Å². The molecule has 6 nitrogen and oxygen atoms in total. The first-order valence-corrected chi connectivity index (χ1v) is 11.7. The fourth-order valence-corrected chi connectivity index (χ4v) is 4.24. The summed E-state index contributed by atoms with van der Waals surface area (Å²) in [5, 5.41) is 15.9. The molecule has 36 heavy (non-hydrogen) atoms. The van der Waals surface area contributed by atoms with Gasteiger partial charge < -0.3 is 14.9 Å². The molecule has 1 aromatic heterocycles. The van der Waals surface area contributed by atoms with Crippen LogP contribution in [0.15, 0.2) is 65.2 Å². The smallest absolute Gasteiger partial charge is 0.304 e. The molecule has 0 aliphatic carbocycles. The van der Waals surface area contributed by atoms with Crippen LogP contribution in [-0.2, 0) is 17.8 Å². The number of hydrogen-bond acceptors (Lipinski definition) is 5. The minimum absolute atomic E-state index is 0.0578. The third-order valence-electron chi connectivity index (χ3n) is 5.81. The molecule has 1 heterocycles. The van der Waals surface area contributed by atoms with E-state index in [9.17, 15) is 13.6 Å². The van der Waals surface area contributed by atoms with Crippen LogP contribution in [0.3, 0.4) is 0 Å². The van der Waals surface area contributed by atoms with Crippen LogP contribution in [-0.4, -0.2) is 27.8 Å². The first-order chi connectivity index (χ1) is 17.3. The van der Waals surface area contributed by atoms with Crippen LogP contribution >= 0.6 is 0 Å². The van der Waals surface area contributed by atoms with Crippen LogP contribution in [0.4, 0.5) is 8.78 Å². The average Bonchev–Trinajstić information content (AvgIpc) is 3.29. The normalized spacial score (nSPS) is 12.0. The molecule has 4 rings (SSSR count). The van der Waals surface area contributed by atoms with E-state index in [0.717, 1.165) is 33.9 Å².